The fraction of sp³-hybridized carbons (Fsp3) is 0.455. The molecule has 0 spiro atoms. The molecule has 1 aliphatic rings. The van der Waals surface area contributed by atoms with Gasteiger partial charge in [0.1, 0.15) is 12.0 Å². The molecule has 0 unspecified atom stereocenters. The van der Waals surface area contributed by atoms with Gasteiger partial charge in [-0.2, -0.15) is 5.10 Å². The highest BCUT2D eigenvalue weighted by Gasteiger charge is 2.24. The molecule has 0 aromatic carbocycles. The second-order valence-electron chi connectivity index (χ2n) is 4.34. The molecule has 3 rings (SSSR count). The molecule has 2 aromatic heterocycles. The van der Waals surface area contributed by atoms with Gasteiger partial charge in [-0.25, -0.2) is 4.98 Å². The minimum atomic E-state index is -0.00657. The first-order valence-electron chi connectivity index (χ1n) is 6.09. The Labute approximate surface area is 105 Å². The van der Waals surface area contributed by atoms with Gasteiger partial charge in [-0.1, -0.05) is 6.82 Å². The summed E-state index contributed by atoms with van der Waals surface area (Å²) in [6.07, 6.45) is 3.60. The smallest absolute Gasteiger partial charge is 0.272 e. The number of carbonyl (C=O) groups is 1. The maximum absolute atomic E-state index is 12.4. The van der Waals surface area contributed by atoms with Gasteiger partial charge in [0.05, 0.1) is 5.39 Å². The largest absolute Gasteiger partial charge is 0.337 e. The number of nitrogens with one attached hydrogen (secondary N) is 1. The number of H-pyrrole nitrogens is 1. The first-order valence-corrected chi connectivity index (χ1v) is 6.09. The monoisotopic (exact) mass is 242 g/mol. The van der Waals surface area contributed by atoms with Crippen molar-refractivity contribution in [3.8, 4) is 0 Å². The summed E-state index contributed by atoms with van der Waals surface area (Å²) in [7, 11) is 1.86. The van der Waals surface area contributed by atoms with Crippen LogP contribution in [0.1, 0.15) is 23.3 Å². The van der Waals surface area contributed by atoms with E-state index in [2.05, 4.69) is 20.2 Å². The quantitative estimate of drug-likeness (QED) is 0.750. The Morgan fingerprint density at radius 3 is 2.89 bits per heavy atom. The van der Waals surface area contributed by atoms with E-state index in [1.54, 1.807) is 0 Å². The summed E-state index contributed by atoms with van der Waals surface area (Å²) in [6.45, 7) is 3.52. The lowest BCUT2D eigenvalue weighted by Crippen LogP contribution is -2.29. The van der Waals surface area contributed by atoms with Crippen LogP contribution in [0.4, 0.5) is 0 Å². The van der Waals surface area contributed by atoms with Crippen molar-refractivity contribution in [3.63, 3.8) is 0 Å². The molecule has 1 radical (unpaired) electrons. The Hall–Kier alpha value is -1.92. The summed E-state index contributed by atoms with van der Waals surface area (Å²) in [4.78, 5) is 22.5. The predicted octanol–water partition coefficient (Wildman–Crippen LogP) is -0.0335. The summed E-state index contributed by atoms with van der Waals surface area (Å²) < 4.78 is 0. The summed E-state index contributed by atoms with van der Waals surface area (Å²) in [6, 6.07) is 0. The number of likely N-dealkylation sites (tertiary alicyclic amines) is 1. The van der Waals surface area contributed by atoms with Crippen LogP contribution in [0.3, 0.4) is 0 Å². The van der Waals surface area contributed by atoms with E-state index in [-0.39, 0.29) is 5.91 Å². The van der Waals surface area contributed by atoms with E-state index in [1.807, 2.05) is 19.0 Å². The van der Waals surface area contributed by atoms with Crippen molar-refractivity contribution in [2.75, 3.05) is 13.1 Å². The number of rotatable bonds is 2. The molecular formula is C11H13BN5O. The molecule has 3 heterocycles. The van der Waals surface area contributed by atoms with Crippen molar-refractivity contribution >= 4 is 29.8 Å². The van der Waals surface area contributed by atoms with Crippen molar-refractivity contribution in [1.82, 2.24) is 25.1 Å². The molecule has 91 valence electrons. The van der Waals surface area contributed by atoms with Crippen LogP contribution in [0, 0.1) is 0 Å². The Morgan fingerprint density at radius 2 is 2.17 bits per heavy atom. The van der Waals surface area contributed by atoms with Crippen molar-refractivity contribution in [1.29, 1.82) is 0 Å². The predicted molar refractivity (Wildman–Crippen MR) is 68.1 cm³/mol. The number of amides is 1. The molecule has 1 N–H and O–H groups in total. The van der Waals surface area contributed by atoms with Crippen LogP contribution in [-0.2, 0) is 0 Å². The van der Waals surface area contributed by atoms with Crippen LogP contribution < -0.4 is 5.59 Å². The number of hydrogen-bond acceptors (Lipinski definition) is 4. The van der Waals surface area contributed by atoms with Gasteiger partial charge < -0.3 is 4.90 Å². The lowest BCUT2D eigenvalue weighted by atomic mass is 9.76. The lowest BCUT2D eigenvalue weighted by Gasteiger charge is -2.14. The summed E-state index contributed by atoms with van der Waals surface area (Å²) in [5.74, 6) is -0.00657. The molecule has 0 atom stereocenters. The van der Waals surface area contributed by atoms with Gasteiger partial charge in [-0.15, -0.1) is 0 Å². The third-order valence-corrected chi connectivity index (χ3v) is 3.26. The molecule has 2 aromatic rings. The standard InChI is InChI=1S/C11H13BN5O/c1-12-9-7-8(11(18)17-4-2-3-5-17)15-16-10(7)14-6-13-9/h6H,2-5H2,1H3,(H,13,14,15,16). The van der Waals surface area contributed by atoms with Gasteiger partial charge in [-0.05, 0) is 12.8 Å². The summed E-state index contributed by atoms with van der Waals surface area (Å²) in [5.41, 5.74) is 1.79. The number of hydrogen-bond donors (Lipinski definition) is 1. The van der Waals surface area contributed by atoms with E-state index in [1.165, 1.54) is 6.33 Å². The second-order valence-corrected chi connectivity index (χ2v) is 4.34. The van der Waals surface area contributed by atoms with Crippen molar-refractivity contribution in [2.24, 2.45) is 0 Å². The van der Waals surface area contributed by atoms with Crippen molar-refractivity contribution < 1.29 is 4.79 Å². The zero-order chi connectivity index (χ0) is 12.5. The Morgan fingerprint density at radius 1 is 1.39 bits per heavy atom. The first kappa shape index (κ1) is 11.2. The van der Waals surface area contributed by atoms with Crippen LogP contribution in [0.25, 0.3) is 11.0 Å². The van der Waals surface area contributed by atoms with Crippen molar-refractivity contribution in [3.05, 3.63) is 12.0 Å². The molecule has 7 heteroatoms. The highest BCUT2D eigenvalue weighted by atomic mass is 16.2. The molecule has 0 bridgehead atoms. The minimum absolute atomic E-state index is 0.00657. The molecule has 18 heavy (non-hydrogen) atoms. The highest BCUT2D eigenvalue weighted by molar-refractivity contribution is 6.54. The number of fused-ring (bicyclic) bond motifs is 1. The SMILES string of the molecule is C[B]c1ncnc2n[nH]c(C(=O)N3CCCC3)c12. The third kappa shape index (κ3) is 1.66. The summed E-state index contributed by atoms with van der Waals surface area (Å²) >= 11 is 0. The van der Waals surface area contributed by atoms with Crippen molar-refractivity contribution in [2.45, 2.75) is 19.7 Å². The number of nitrogens with zero attached hydrogens (tertiary/aromatic N) is 4. The van der Waals surface area contributed by atoms with Gasteiger partial charge in [0.2, 0.25) is 0 Å². The zero-order valence-corrected chi connectivity index (χ0v) is 10.2. The van der Waals surface area contributed by atoms with Gasteiger partial charge in [0.25, 0.3) is 5.91 Å². The minimum Gasteiger partial charge on any atom is -0.337 e. The maximum atomic E-state index is 12.4. The topological polar surface area (TPSA) is 74.8 Å². The Bertz CT molecular complexity index is 590. The van der Waals surface area contributed by atoms with E-state index in [4.69, 9.17) is 0 Å². The molecule has 1 aliphatic heterocycles. The molecule has 0 saturated carbocycles. The van der Waals surface area contributed by atoms with E-state index in [0.29, 0.717) is 11.3 Å². The molecule has 1 fully saturated rings. The van der Waals surface area contributed by atoms with Crippen LogP contribution >= 0.6 is 0 Å². The Kier molecular flexibility index (Phi) is 2.73. The van der Waals surface area contributed by atoms with Gasteiger partial charge in [0.15, 0.2) is 12.9 Å². The van der Waals surface area contributed by atoms with Crippen LogP contribution in [0.15, 0.2) is 6.33 Å². The second kappa shape index (κ2) is 4.40. The van der Waals surface area contributed by atoms with E-state index in [9.17, 15) is 4.79 Å². The molecule has 6 nitrogen and oxygen atoms in total. The lowest BCUT2D eigenvalue weighted by molar-refractivity contribution is 0.0789. The van der Waals surface area contributed by atoms with E-state index < -0.39 is 0 Å². The van der Waals surface area contributed by atoms with Gasteiger partial charge in [-0.3, -0.25) is 14.9 Å². The van der Waals surface area contributed by atoms with Crippen LogP contribution in [0.5, 0.6) is 0 Å². The average Bonchev–Trinajstić information content (AvgIpc) is 3.06. The first-order chi connectivity index (χ1) is 8.81. The molecule has 1 saturated heterocycles. The number of aromatic amines is 1. The average molecular weight is 242 g/mol. The van der Waals surface area contributed by atoms with E-state index in [0.717, 1.165) is 36.9 Å². The molecule has 0 aliphatic carbocycles. The fourth-order valence-electron chi connectivity index (χ4n) is 2.33. The number of aromatic nitrogens is 4. The van der Waals surface area contributed by atoms with Crippen LogP contribution in [0.2, 0.25) is 6.82 Å². The van der Waals surface area contributed by atoms with Gasteiger partial charge >= 0.3 is 0 Å². The summed E-state index contributed by atoms with van der Waals surface area (Å²) in [5, 5.41) is 7.60. The van der Waals surface area contributed by atoms with Crippen LogP contribution in [-0.4, -0.2) is 51.3 Å². The van der Waals surface area contributed by atoms with E-state index >= 15 is 0 Å². The fourth-order valence-corrected chi connectivity index (χ4v) is 2.33. The molecule has 1 amide bonds. The molecular weight excluding hydrogens is 229 g/mol. The maximum Gasteiger partial charge on any atom is 0.272 e. The number of carbonyl (C=O) groups excluding carboxylic acids is 1. The Balaban J connectivity index is 2.08. The third-order valence-electron chi connectivity index (χ3n) is 3.26. The zero-order valence-electron chi connectivity index (χ0n) is 10.2. The normalized spacial score (nSPS) is 15.3. The highest BCUT2D eigenvalue weighted by Crippen LogP contribution is 2.16. The van der Waals surface area contributed by atoms with Gasteiger partial charge in [0, 0.05) is 18.7 Å².